The highest BCUT2D eigenvalue weighted by molar-refractivity contribution is 7.73. The van der Waals surface area contributed by atoms with Crippen LogP contribution in [0.1, 0.15) is 18.4 Å². The van der Waals surface area contributed by atoms with E-state index in [2.05, 4.69) is 18.9 Å². The molecule has 1 amide bonds. The van der Waals surface area contributed by atoms with E-state index in [-0.39, 0.29) is 19.6 Å². The lowest BCUT2D eigenvalue weighted by molar-refractivity contribution is 0.101. The lowest BCUT2D eigenvalue weighted by Gasteiger charge is -2.34. The molecule has 0 aliphatic heterocycles. The lowest BCUT2D eigenvalue weighted by atomic mass is 10.2. The van der Waals surface area contributed by atoms with Gasteiger partial charge in [-0.1, -0.05) is 30.3 Å². The third kappa shape index (κ3) is 5.86. The Morgan fingerprint density at radius 3 is 2.22 bits per heavy atom. The molecule has 0 saturated heterocycles. The Bertz CT molecular complexity index is 692. The fraction of sp³-hybridized carbons (Fsp3) is 0.533. The molecule has 1 aromatic carbocycles. The molecule has 27 heavy (non-hydrogen) atoms. The predicted molar refractivity (Wildman–Crippen MR) is 97.3 cm³/mol. The first kappa shape index (κ1) is 23.8. The first-order valence-corrected chi connectivity index (χ1v) is 11.0. The van der Waals surface area contributed by atoms with Gasteiger partial charge in [0.25, 0.3) is 5.08 Å². The van der Waals surface area contributed by atoms with Crippen molar-refractivity contribution in [1.82, 2.24) is 5.32 Å². The van der Waals surface area contributed by atoms with E-state index in [0.29, 0.717) is 0 Å². The molecular weight excluding hydrogens is 400 g/mol. The van der Waals surface area contributed by atoms with E-state index in [9.17, 15) is 23.9 Å². The lowest BCUT2D eigenvalue weighted by Crippen LogP contribution is -2.33. The highest BCUT2D eigenvalue weighted by Crippen LogP contribution is 2.75. The van der Waals surface area contributed by atoms with Gasteiger partial charge in [0.05, 0.1) is 0 Å². The molecule has 12 heteroatoms. The van der Waals surface area contributed by atoms with Crippen LogP contribution < -0.4 is 5.32 Å². The molecule has 10 nitrogen and oxygen atoms in total. The van der Waals surface area contributed by atoms with Gasteiger partial charge in [0.15, 0.2) is 0 Å². The number of alkyl carbamates (subject to hydrolysis) is 1. The largest absolute Gasteiger partial charge is 0.445 e. The van der Waals surface area contributed by atoms with E-state index in [1.165, 1.54) is 0 Å². The second kappa shape index (κ2) is 10.3. The van der Waals surface area contributed by atoms with E-state index < -0.39 is 32.8 Å². The molecule has 0 radical (unpaired) electrons. The summed E-state index contributed by atoms with van der Waals surface area (Å²) in [7, 11) is -6.31. The average Bonchev–Trinajstić information content (AvgIpc) is 2.69. The Labute approximate surface area is 157 Å². The normalized spacial score (nSPS) is 16.2. The first-order chi connectivity index (χ1) is 12.7. The molecule has 0 spiro atoms. The quantitative estimate of drug-likeness (QED) is 0.360. The molecule has 1 rings (SSSR count). The summed E-state index contributed by atoms with van der Waals surface area (Å²) in [5.41, 5.74) is 0.810. The number of benzene rings is 1. The van der Waals surface area contributed by atoms with Gasteiger partial charge in [-0.2, -0.15) is 0 Å². The molecule has 154 valence electrons. The van der Waals surface area contributed by atoms with Crippen molar-refractivity contribution < 1.29 is 42.2 Å². The second-order valence-electron chi connectivity index (χ2n) is 5.43. The molecule has 0 fully saturated rings. The fourth-order valence-corrected chi connectivity index (χ4v) is 6.11. The van der Waals surface area contributed by atoms with Crippen molar-refractivity contribution in [2.75, 3.05) is 27.9 Å². The standard InChI is InChI=1S/C15H25NO9P2/c1-22-26(19,20)15(18,27(21,23-2)24-3)10-7-11-16-14(17)25-12-13-8-5-4-6-9-13/h4-6,8-9,18H,7,10-12H2,1-3H3,(H,16,17)(H,19,20). The summed E-state index contributed by atoms with van der Waals surface area (Å²) >= 11 is 0. The van der Waals surface area contributed by atoms with Crippen molar-refractivity contribution >= 4 is 21.3 Å². The monoisotopic (exact) mass is 425 g/mol. The van der Waals surface area contributed by atoms with Crippen LogP contribution in [0.5, 0.6) is 0 Å². The Morgan fingerprint density at radius 1 is 1.11 bits per heavy atom. The molecule has 2 unspecified atom stereocenters. The van der Waals surface area contributed by atoms with Gasteiger partial charge in [-0.15, -0.1) is 0 Å². The molecule has 0 bridgehead atoms. The number of nitrogens with one attached hydrogen (secondary N) is 1. The highest BCUT2D eigenvalue weighted by Gasteiger charge is 2.62. The van der Waals surface area contributed by atoms with Gasteiger partial charge in [-0.05, 0) is 12.0 Å². The van der Waals surface area contributed by atoms with Gasteiger partial charge in [0.2, 0.25) is 0 Å². The number of aliphatic hydroxyl groups is 1. The van der Waals surface area contributed by atoms with Crippen LogP contribution >= 0.6 is 15.2 Å². The summed E-state index contributed by atoms with van der Waals surface area (Å²) in [5.74, 6) is 0. The predicted octanol–water partition coefficient (Wildman–Crippen LogP) is 2.66. The number of amides is 1. The molecule has 0 heterocycles. The maximum atomic E-state index is 12.5. The number of hydrogen-bond donors (Lipinski definition) is 3. The van der Waals surface area contributed by atoms with Gasteiger partial charge in [-0.25, -0.2) is 4.79 Å². The molecule has 0 saturated carbocycles. The minimum absolute atomic E-state index is 0.0208. The van der Waals surface area contributed by atoms with Crippen molar-refractivity contribution in [2.45, 2.75) is 24.5 Å². The molecule has 0 aliphatic carbocycles. The average molecular weight is 425 g/mol. The van der Waals surface area contributed by atoms with Crippen LogP contribution in [0, 0.1) is 0 Å². The highest BCUT2D eigenvalue weighted by atomic mass is 31.2. The van der Waals surface area contributed by atoms with Crippen LogP contribution in [0.3, 0.4) is 0 Å². The van der Waals surface area contributed by atoms with Gasteiger partial charge >= 0.3 is 21.3 Å². The Balaban J connectivity index is 2.60. The van der Waals surface area contributed by atoms with E-state index in [4.69, 9.17) is 4.74 Å². The molecular formula is C15H25NO9P2. The Hall–Kier alpha value is -1.25. The van der Waals surface area contributed by atoms with E-state index >= 15 is 0 Å². The van der Waals surface area contributed by atoms with Crippen LogP contribution in [0.2, 0.25) is 0 Å². The third-order valence-corrected chi connectivity index (χ3v) is 8.97. The zero-order valence-electron chi connectivity index (χ0n) is 15.4. The van der Waals surface area contributed by atoms with Gasteiger partial charge in [-0.3, -0.25) is 9.13 Å². The molecule has 0 aliphatic rings. The summed E-state index contributed by atoms with van der Waals surface area (Å²) in [6.07, 6.45) is -1.23. The summed E-state index contributed by atoms with van der Waals surface area (Å²) in [5, 5.41) is 10.2. The minimum Gasteiger partial charge on any atom is -0.445 e. The van der Waals surface area contributed by atoms with Gasteiger partial charge < -0.3 is 33.6 Å². The number of carbonyl (C=O) groups excluding carboxylic acids is 1. The van der Waals surface area contributed by atoms with Crippen LogP contribution in [0.15, 0.2) is 30.3 Å². The molecule has 3 N–H and O–H groups in total. The zero-order chi connectivity index (χ0) is 20.6. The van der Waals surface area contributed by atoms with Crippen molar-refractivity contribution in [1.29, 1.82) is 0 Å². The van der Waals surface area contributed by atoms with E-state index in [1.807, 2.05) is 18.2 Å². The minimum atomic E-state index is -4.77. The fourth-order valence-electron chi connectivity index (χ4n) is 2.24. The summed E-state index contributed by atoms with van der Waals surface area (Å²) in [4.78, 5) is 21.6. The molecule has 1 aromatic rings. The maximum Gasteiger partial charge on any atom is 0.407 e. The van der Waals surface area contributed by atoms with Crippen molar-refractivity contribution in [2.24, 2.45) is 0 Å². The second-order valence-corrected chi connectivity index (χ2v) is 10.4. The van der Waals surface area contributed by atoms with Crippen LogP contribution in [0.25, 0.3) is 0 Å². The van der Waals surface area contributed by atoms with Crippen LogP contribution in [-0.2, 0) is 34.0 Å². The number of ether oxygens (including phenoxy) is 1. The topological polar surface area (TPSA) is 141 Å². The number of hydrogen-bond acceptors (Lipinski definition) is 8. The number of carbonyl (C=O) groups is 1. The summed E-state index contributed by atoms with van der Waals surface area (Å²) in [6.45, 7) is 0.0573. The smallest absolute Gasteiger partial charge is 0.407 e. The summed E-state index contributed by atoms with van der Waals surface area (Å²) < 4.78 is 43.5. The number of rotatable bonds is 11. The zero-order valence-corrected chi connectivity index (χ0v) is 17.2. The maximum absolute atomic E-state index is 12.5. The van der Waals surface area contributed by atoms with Crippen molar-refractivity contribution in [3.63, 3.8) is 0 Å². The summed E-state index contributed by atoms with van der Waals surface area (Å²) in [6, 6.07) is 9.05. The first-order valence-electron chi connectivity index (χ1n) is 7.93. The molecule has 0 aromatic heterocycles. The Kier molecular flexibility index (Phi) is 9.11. The Morgan fingerprint density at radius 2 is 1.70 bits per heavy atom. The van der Waals surface area contributed by atoms with Crippen molar-refractivity contribution in [3.05, 3.63) is 35.9 Å². The van der Waals surface area contributed by atoms with E-state index in [0.717, 1.165) is 26.9 Å². The molecule has 2 atom stereocenters. The van der Waals surface area contributed by atoms with Crippen LogP contribution in [-0.4, -0.2) is 49.1 Å². The van der Waals surface area contributed by atoms with E-state index in [1.54, 1.807) is 12.1 Å². The van der Waals surface area contributed by atoms with Crippen molar-refractivity contribution in [3.8, 4) is 0 Å². The van der Waals surface area contributed by atoms with Gasteiger partial charge in [0, 0.05) is 34.3 Å². The SMILES string of the molecule is COP(=O)(O)C(O)(CCCNC(=O)OCc1ccccc1)P(=O)(OC)OC. The van der Waals surface area contributed by atoms with Gasteiger partial charge in [0.1, 0.15) is 6.61 Å². The van der Waals surface area contributed by atoms with Crippen LogP contribution in [0.4, 0.5) is 4.79 Å². The third-order valence-electron chi connectivity index (χ3n) is 3.79.